The van der Waals surface area contributed by atoms with Crippen molar-refractivity contribution < 1.29 is 9.53 Å². The van der Waals surface area contributed by atoms with Crippen LogP contribution in [0, 0.1) is 0 Å². The van der Waals surface area contributed by atoms with E-state index in [-0.39, 0.29) is 23.9 Å². The maximum Gasteiger partial charge on any atom is 0.409 e. The summed E-state index contributed by atoms with van der Waals surface area (Å²) in [7, 11) is 1.38. The van der Waals surface area contributed by atoms with Crippen molar-refractivity contribution in [1.29, 1.82) is 0 Å². The Morgan fingerprint density at radius 2 is 2.23 bits per heavy atom. The van der Waals surface area contributed by atoms with Crippen LogP contribution >= 0.6 is 11.6 Å². The Balaban J connectivity index is 1.92. The number of rotatable bonds is 1. The molecule has 1 aromatic heterocycles. The Hall–Kier alpha value is -1.95. The van der Waals surface area contributed by atoms with Crippen molar-refractivity contribution in [2.75, 3.05) is 13.7 Å². The van der Waals surface area contributed by atoms with Crippen LogP contribution in [-0.2, 0) is 4.74 Å². The molecule has 1 aromatic carbocycles. The molecular weight excluding hydrogens is 306 g/mol. The van der Waals surface area contributed by atoms with E-state index < -0.39 is 0 Å². The van der Waals surface area contributed by atoms with Gasteiger partial charge in [-0.15, -0.1) is 0 Å². The van der Waals surface area contributed by atoms with Gasteiger partial charge < -0.3 is 14.6 Å². The van der Waals surface area contributed by atoms with Crippen molar-refractivity contribution in [3.63, 3.8) is 0 Å². The molecule has 0 radical (unpaired) electrons. The molecule has 2 heterocycles. The predicted octanol–water partition coefficient (Wildman–Crippen LogP) is 2.77. The van der Waals surface area contributed by atoms with Crippen LogP contribution in [0.15, 0.2) is 23.0 Å². The molecule has 2 unspecified atom stereocenters. The fraction of sp³-hybridized carbons (Fsp3) is 0.467. The maximum atomic E-state index is 12.3. The Bertz CT molecular complexity index is 767. The molecule has 1 aliphatic heterocycles. The van der Waals surface area contributed by atoms with Crippen LogP contribution in [0.3, 0.4) is 0 Å². The third-order valence-corrected chi connectivity index (χ3v) is 4.54. The van der Waals surface area contributed by atoms with Gasteiger partial charge in [-0.25, -0.2) is 9.59 Å². The van der Waals surface area contributed by atoms with Crippen molar-refractivity contribution in [3.05, 3.63) is 33.7 Å². The van der Waals surface area contributed by atoms with Crippen LogP contribution in [-0.4, -0.2) is 40.2 Å². The zero-order chi connectivity index (χ0) is 15.9. The SMILES string of the molecule is COC(=O)N1CCC(n2c(=O)[nH]c3cc(Cl)ccc32)CC1C. The highest BCUT2D eigenvalue weighted by molar-refractivity contribution is 6.31. The standard InChI is InChI=1S/C15H18ClN3O3/c1-9-7-11(5-6-18(9)15(21)22-2)19-13-4-3-10(16)8-12(13)17-14(19)20/h3-4,8-9,11H,5-7H2,1-2H3,(H,17,20). The number of carbonyl (C=O) groups excluding carboxylic acids is 1. The third kappa shape index (κ3) is 2.47. The number of methoxy groups -OCH3 is 1. The number of nitrogens with zero attached hydrogens (tertiary/aromatic N) is 2. The number of ether oxygens (including phenoxy) is 1. The summed E-state index contributed by atoms with van der Waals surface area (Å²) in [5, 5.41) is 0.592. The first-order valence-corrected chi connectivity index (χ1v) is 7.63. The molecule has 0 saturated carbocycles. The zero-order valence-electron chi connectivity index (χ0n) is 12.5. The fourth-order valence-corrected chi connectivity index (χ4v) is 3.41. The van der Waals surface area contributed by atoms with E-state index in [1.54, 1.807) is 21.6 Å². The molecule has 7 heteroatoms. The van der Waals surface area contributed by atoms with Gasteiger partial charge in [0.2, 0.25) is 0 Å². The number of benzene rings is 1. The first-order chi connectivity index (χ1) is 10.5. The van der Waals surface area contributed by atoms with Gasteiger partial charge in [0.25, 0.3) is 0 Å². The summed E-state index contributed by atoms with van der Waals surface area (Å²) in [6.45, 7) is 2.55. The molecule has 1 aliphatic rings. The van der Waals surface area contributed by atoms with Crippen LogP contribution in [0.4, 0.5) is 4.79 Å². The molecule has 22 heavy (non-hydrogen) atoms. The molecule has 3 rings (SSSR count). The second-order valence-corrected chi connectivity index (χ2v) is 6.09. The highest BCUT2D eigenvalue weighted by Crippen LogP contribution is 2.29. The Kier molecular flexibility index (Phi) is 3.87. The number of aromatic amines is 1. The van der Waals surface area contributed by atoms with Crippen molar-refractivity contribution in [2.24, 2.45) is 0 Å². The van der Waals surface area contributed by atoms with Crippen molar-refractivity contribution >= 4 is 28.7 Å². The van der Waals surface area contributed by atoms with Crippen molar-refractivity contribution in [1.82, 2.24) is 14.5 Å². The summed E-state index contributed by atoms with van der Waals surface area (Å²) in [5.41, 5.74) is 1.44. The van der Waals surface area contributed by atoms with Gasteiger partial charge in [0.05, 0.1) is 18.1 Å². The summed E-state index contributed by atoms with van der Waals surface area (Å²) < 4.78 is 6.57. The number of imidazole rings is 1. The van der Waals surface area contributed by atoms with E-state index in [2.05, 4.69) is 4.98 Å². The molecule has 0 aliphatic carbocycles. The number of carbonyl (C=O) groups is 1. The van der Waals surface area contributed by atoms with Crippen molar-refractivity contribution in [2.45, 2.75) is 31.8 Å². The Morgan fingerprint density at radius 3 is 2.91 bits per heavy atom. The Morgan fingerprint density at radius 1 is 1.45 bits per heavy atom. The highest BCUT2D eigenvalue weighted by atomic mass is 35.5. The molecule has 1 N–H and O–H groups in total. The van der Waals surface area contributed by atoms with E-state index >= 15 is 0 Å². The van der Waals surface area contributed by atoms with Gasteiger partial charge in [0.1, 0.15) is 0 Å². The smallest absolute Gasteiger partial charge is 0.409 e. The first-order valence-electron chi connectivity index (χ1n) is 7.25. The van der Waals surface area contributed by atoms with Gasteiger partial charge in [-0.2, -0.15) is 0 Å². The topological polar surface area (TPSA) is 67.3 Å². The van der Waals surface area contributed by atoms with Gasteiger partial charge in [-0.3, -0.25) is 4.57 Å². The molecule has 2 aromatic rings. The minimum absolute atomic E-state index is 0.0235. The number of likely N-dealkylation sites (tertiary alicyclic amines) is 1. The number of H-pyrrole nitrogens is 1. The van der Waals surface area contributed by atoms with E-state index in [1.165, 1.54) is 7.11 Å². The largest absolute Gasteiger partial charge is 0.453 e. The minimum atomic E-state index is -0.316. The lowest BCUT2D eigenvalue weighted by Crippen LogP contribution is -2.45. The molecule has 1 amide bonds. The average Bonchev–Trinajstić information content (AvgIpc) is 2.81. The van der Waals surface area contributed by atoms with E-state index in [4.69, 9.17) is 16.3 Å². The first kappa shape index (κ1) is 15.0. The second-order valence-electron chi connectivity index (χ2n) is 5.65. The number of amides is 1. The lowest BCUT2D eigenvalue weighted by Gasteiger charge is -2.37. The molecule has 0 spiro atoms. The average molecular weight is 324 g/mol. The maximum absolute atomic E-state index is 12.3. The molecular formula is C15H18ClN3O3. The van der Waals surface area contributed by atoms with Crippen LogP contribution in [0.5, 0.6) is 0 Å². The number of hydrogen-bond acceptors (Lipinski definition) is 3. The summed E-state index contributed by atoms with van der Waals surface area (Å²) in [5.74, 6) is 0. The molecule has 0 bridgehead atoms. The van der Waals surface area contributed by atoms with Gasteiger partial charge in [-0.05, 0) is 38.0 Å². The minimum Gasteiger partial charge on any atom is -0.453 e. The van der Waals surface area contributed by atoms with Crippen molar-refractivity contribution in [3.8, 4) is 0 Å². The molecule has 6 nitrogen and oxygen atoms in total. The monoisotopic (exact) mass is 323 g/mol. The normalized spacial score (nSPS) is 22.0. The predicted molar refractivity (Wildman–Crippen MR) is 84.4 cm³/mol. The molecule has 1 fully saturated rings. The molecule has 118 valence electrons. The van der Waals surface area contributed by atoms with E-state index in [0.717, 1.165) is 17.5 Å². The Labute approximate surface area is 132 Å². The third-order valence-electron chi connectivity index (χ3n) is 4.30. The molecule has 2 atom stereocenters. The summed E-state index contributed by atoms with van der Waals surface area (Å²) in [6.07, 6.45) is 1.11. The van der Waals surface area contributed by atoms with Crippen LogP contribution in [0.1, 0.15) is 25.8 Å². The van der Waals surface area contributed by atoms with E-state index in [0.29, 0.717) is 18.0 Å². The summed E-state index contributed by atoms with van der Waals surface area (Å²) in [6, 6.07) is 5.46. The lowest BCUT2D eigenvalue weighted by atomic mass is 9.98. The molecule has 1 saturated heterocycles. The number of aromatic nitrogens is 2. The second kappa shape index (κ2) is 5.68. The number of hydrogen-bond donors (Lipinski definition) is 1. The highest BCUT2D eigenvalue weighted by Gasteiger charge is 2.31. The van der Waals surface area contributed by atoms with E-state index in [9.17, 15) is 9.59 Å². The van der Waals surface area contributed by atoms with Gasteiger partial charge >= 0.3 is 11.8 Å². The number of nitrogens with one attached hydrogen (secondary N) is 1. The summed E-state index contributed by atoms with van der Waals surface area (Å²) >= 11 is 5.97. The quantitative estimate of drug-likeness (QED) is 0.877. The van der Waals surface area contributed by atoms with Crippen LogP contribution in [0.25, 0.3) is 11.0 Å². The van der Waals surface area contributed by atoms with Gasteiger partial charge in [-0.1, -0.05) is 11.6 Å². The van der Waals surface area contributed by atoms with Crippen LogP contribution in [0.2, 0.25) is 5.02 Å². The number of halogens is 1. The zero-order valence-corrected chi connectivity index (χ0v) is 13.3. The summed E-state index contributed by atoms with van der Waals surface area (Å²) in [4.78, 5) is 28.5. The number of fused-ring (bicyclic) bond motifs is 1. The van der Waals surface area contributed by atoms with Gasteiger partial charge in [0, 0.05) is 23.7 Å². The number of piperidine rings is 1. The lowest BCUT2D eigenvalue weighted by molar-refractivity contribution is 0.0827. The van der Waals surface area contributed by atoms with E-state index in [1.807, 2.05) is 13.0 Å². The fourth-order valence-electron chi connectivity index (χ4n) is 3.24. The van der Waals surface area contributed by atoms with Crippen LogP contribution < -0.4 is 5.69 Å². The van der Waals surface area contributed by atoms with Gasteiger partial charge in [0.15, 0.2) is 0 Å².